The van der Waals surface area contributed by atoms with Gasteiger partial charge in [0, 0.05) is 17.6 Å². The van der Waals surface area contributed by atoms with Crippen molar-refractivity contribution in [2.75, 3.05) is 20.6 Å². The molecular formula is C21H24ClN3. The fraction of sp³-hybridized carbons (Fsp3) is 0.238. The van der Waals surface area contributed by atoms with E-state index in [4.69, 9.17) is 17.3 Å². The molecule has 4 heteroatoms. The van der Waals surface area contributed by atoms with Gasteiger partial charge in [-0.3, -0.25) is 5.32 Å². The molecule has 0 amide bonds. The second-order valence-corrected chi connectivity index (χ2v) is 6.86. The highest BCUT2D eigenvalue weighted by Crippen LogP contribution is 2.27. The van der Waals surface area contributed by atoms with Crippen LogP contribution in [0.5, 0.6) is 0 Å². The molecule has 0 heterocycles. The summed E-state index contributed by atoms with van der Waals surface area (Å²) in [5.41, 5.74) is 8.67. The normalized spacial score (nSPS) is 14.0. The highest BCUT2D eigenvalue weighted by atomic mass is 35.5. The van der Waals surface area contributed by atoms with Crippen molar-refractivity contribution in [1.82, 2.24) is 10.2 Å². The SMILES string of the molecule is CN(C)C(CNC(N)c1cccc2ccccc12)c1ccccc1Cl. The number of rotatable bonds is 6. The van der Waals surface area contributed by atoms with Crippen LogP contribution in [0.3, 0.4) is 0 Å². The first-order chi connectivity index (χ1) is 12.1. The fourth-order valence-corrected chi connectivity index (χ4v) is 3.45. The summed E-state index contributed by atoms with van der Waals surface area (Å²) in [7, 11) is 4.11. The quantitative estimate of drug-likeness (QED) is 0.647. The van der Waals surface area contributed by atoms with Crippen molar-refractivity contribution in [3.05, 3.63) is 82.9 Å². The standard InChI is InChI=1S/C21H24ClN3/c1-25(2)20(18-11-5-6-13-19(18)22)14-24-21(23)17-12-7-9-15-8-3-4-10-16(15)17/h3-13,20-21,24H,14,23H2,1-2H3. The van der Waals surface area contributed by atoms with Crippen LogP contribution in [0.15, 0.2) is 66.7 Å². The minimum absolute atomic E-state index is 0.148. The van der Waals surface area contributed by atoms with E-state index in [2.05, 4.69) is 60.7 Å². The number of hydrogen-bond donors (Lipinski definition) is 2. The van der Waals surface area contributed by atoms with E-state index in [1.54, 1.807) is 0 Å². The predicted octanol–water partition coefficient (Wildman–Crippen LogP) is 4.34. The number of fused-ring (bicyclic) bond motifs is 1. The zero-order valence-electron chi connectivity index (χ0n) is 14.6. The van der Waals surface area contributed by atoms with Crippen molar-refractivity contribution in [3.63, 3.8) is 0 Å². The Morgan fingerprint density at radius 1 is 0.920 bits per heavy atom. The molecule has 3 aromatic rings. The molecule has 3 N–H and O–H groups in total. The Morgan fingerprint density at radius 2 is 1.56 bits per heavy atom. The first kappa shape index (κ1) is 17.9. The van der Waals surface area contributed by atoms with Crippen LogP contribution in [0, 0.1) is 0 Å². The molecule has 2 unspecified atom stereocenters. The Kier molecular flexibility index (Phi) is 5.71. The predicted molar refractivity (Wildman–Crippen MR) is 107 cm³/mol. The zero-order valence-corrected chi connectivity index (χ0v) is 15.4. The third kappa shape index (κ3) is 4.02. The molecule has 0 radical (unpaired) electrons. The average Bonchev–Trinajstić information content (AvgIpc) is 2.62. The molecule has 0 aliphatic carbocycles. The monoisotopic (exact) mass is 353 g/mol. The molecule has 0 saturated carbocycles. The molecule has 3 rings (SSSR count). The lowest BCUT2D eigenvalue weighted by Crippen LogP contribution is -2.36. The van der Waals surface area contributed by atoms with Gasteiger partial charge in [0.25, 0.3) is 0 Å². The number of hydrogen-bond acceptors (Lipinski definition) is 3. The van der Waals surface area contributed by atoms with E-state index in [-0.39, 0.29) is 12.2 Å². The molecule has 3 nitrogen and oxygen atoms in total. The van der Waals surface area contributed by atoms with E-state index >= 15 is 0 Å². The first-order valence-electron chi connectivity index (χ1n) is 8.45. The Hall–Kier alpha value is -1.91. The Labute approximate surface area is 154 Å². The number of benzene rings is 3. The lowest BCUT2D eigenvalue weighted by atomic mass is 10.0. The topological polar surface area (TPSA) is 41.3 Å². The van der Waals surface area contributed by atoms with Gasteiger partial charge in [0.1, 0.15) is 0 Å². The maximum absolute atomic E-state index is 6.46. The van der Waals surface area contributed by atoms with E-state index in [1.165, 1.54) is 10.8 Å². The molecule has 0 bridgehead atoms. The lowest BCUT2D eigenvalue weighted by molar-refractivity contribution is 0.280. The minimum Gasteiger partial charge on any atom is -0.312 e. The molecule has 0 aromatic heterocycles. The molecule has 25 heavy (non-hydrogen) atoms. The number of halogens is 1. The number of nitrogens with two attached hydrogens (primary N) is 1. The van der Waals surface area contributed by atoms with Crippen molar-refractivity contribution in [2.45, 2.75) is 12.2 Å². The van der Waals surface area contributed by atoms with E-state index in [0.29, 0.717) is 6.54 Å². The maximum Gasteiger partial charge on any atom is 0.0816 e. The summed E-state index contributed by atoms with van der Waals surface area (Å²) < 4.78 is 0. The van der Waals surface area contributed by atoms with Crippen molar-refractivity contribution in [1.29, 1.82) is 0 Å². The molecule has 0 saturated heterocycles. The van der Waals surface area contributed by atoms with Crippen LogP contribution in [0.2, 0.25) is 5.02 Å². The van der Waals surface area contributed by atoms with Gasteiger partial charge >= 0.3 is 0 Å². The van der Waals surface area contributed by atoms with Gasteiger partial charge in [-0.25, -0.2) is 0 Å². The van der Waals surface area contributed by atoms with Gasteiger partial charge in [0.2, 0.25) is 0 Å². The van der Waals surface area contributed by atoms with Gasteiger partial charge in [0.05, 0.1) is 6.17 Å². The van der Waals surface area contributed by atoms with Crippen LogP contribution in [0.1, 0.15) is 23.3 Å². The summed E-state index contributed by atoms with van der Waals surface area (Å²) in [6, 6.07) is 22.7. The summed E-state index contributed by atoms with van der Waals surface area (Å²) in [6.45, 7) is 0.709. The summed E-state index contributed by atoms with van der Waals surface area (Å²) in [6.07, 6.45) is -0.240. The van der Waals surface area contributed by atoms with Crippen LogP contribution in [-0.4, -0.2) is 25.5 Å². The average molecular weight is 354 g/mol. The van der Waals surface area contributed by atoms with Gasteiger partial charge < -0.3 is 10.6 Å². The van der Waals surface area contributed by atoms with Gasteiger partial charge in [-0.15, -0.1) is 0 Å². The van der Waals surface area contributed by atoms with Crippen LogP contribution < -0.4 is 11.1 Å². The van der Waals surface area contributed by atoms with E-state index < -0.39 is 0 Å². The second kappa shape index (κ2) is 7.98. The van der Waals surface area contributed by atoms with Gasteiger partial charge in [-0.2, -0.15) is 0 Å². The van der Waals surface area contributed by atoms with E-state index in [1.807, 2.05) is 30.3 Å². The fourth-order valence-electron chi connectivity index (χ4n) is 3.19. The van der Waals surface area contributed by atoms with Crippen molar-refractivity contribution in [2.24, 2.45) is 5.73 Å². The minimum atomic E-state index is -0.240. The van der Waals surface area contributed by atoms with Crippen molar-refractivity contribution < 1.29 is 0 Å². The molecule has 3 aromatic carbocycles. The Morgan fingerprint density at radius 3 is 2.32 bits per heavy atom. The summed E-state index contributed by atoms with van der Waals surface area (Å²) in [5, 5.41) is 6.64. The third-order valence-corrected chi connectivity index (χ3v) is 4.92. The summed E-state index contributed by atoms with van der Waals surface area (Å²) in [5.74, 6) is 0. The number of nitrogens with zero attached hydrogens (tertiary/aromatic N) is 1. The molecule has 130 valence electrons. The molecule has 0 spiro atoms. The third-order valence-electron chi connectivity index (χ3n) is 4.58. The highest BCUT2D eigenvalue weighted by Gasteiger charge is 2.18. The van der Waals surface area contributed by atoms with Crippen molar-refractivity contribution in [3.8, 4) is 0 Å². The van der Waals surface area contributed by atoms with Gasteiger partial charge in [0.15, 0.2) is 0 Å². The second-order valence-electron chi connectivity index (χ2n) is 6.46. The van der Waals surface area contributed by atoms with Gasteiger partial charge in [-0.05, 0) is 42.1 Å². The Bertz CT molecular complexity index is 842. The van der Waals surface area contributed by atoms with E-state index in [9.17, 15) is 0 Å². The van der Waals surface area contributed by atoms with Gasteiger partial charge in [-0.1, -0.05) is 72.3 Å². The van der Waals surface area contributed by atoms with Crippen LogP contribution in [-0.2, 0) is 0 Å². The van der Waals surface area contributed by atoms with Crippen LogP contribution in [0.25, 0.3) is 10.8 Å². The molecule has 2 atom stereocenters. The smallest absolute Gasteiger partial charge is 0.0816 e. The molecular weight excluding hydrogens is 330 g/mol. The highest BCUT2D eigenvalue weighted by molar-refractivity contribution is 6.31. The van der Waals surface area contributed by atoms with Crippen LogP contribution >= 0.6 is 11.6 Å². The van der Waals surface area contributed by atoms with E-state index in [0.717, 1.165) is 16.1 Å². The summed E-state index contributed by atoms with van der Waals surface area (Å²) in [4.78, 5) is 2.16. The van der Waals surface area contributed by atoms with Crippen molar-refractivity contribution >= 4 is 22.4 Å². The molecule has 0 aliphatic heterocycles. The van der Waals surface area contributed by atoms with Crippen LogP contribution in [0.4, 0.5) is 0 Å². The molecule has 0 fully saturated rings. The number of nitrogens with one attached hydrogen (secondary N) is 1. The number of likely N-dealkylation sites (N-methyl/N-ethyl adjacent to an activating group) is 1. The molecule has 0 aliphatic rings. The largest absolute Gasteiger partial charge is 0.312 e. The lowest BCUT2D eigenvalue weighted by Gasteiger charge is -2.28. The maximum atomic E-state index is 6.46. The first-order valence-corrected chi connectivity index (χ1v) is 8.83. The Balaban J connectivity index is 1.80. The zero-order chi connectivity index (χ0) is 17.8. The summed E-state index contributed by atoms with van der Waals surface area (Å²) >= 11 is 6.39.